The lowest BCUT2D eigenvalue weighted by molar-refractivity contribution is 0.0388. The Morgan fingerprint density at radius 3 is 2.44 bits per heavy atom. The maximum absolute atomic E-state index is 5.88. The van der Waals surface area contributed by atoms with Gasteiger partial charge in [0.1, 0.15) is 11.5 Å². The summed E-state index contributed by atoms with van der Waals surface area (Å²) in [6.07, 6.45) is 2.07. The van der Waals surface area contributed by atoms with E-state index in [0.717, 1.165) is 18.4 Å². The van der Waals surface area contributed by atoms with Gasteiger partial charge in [0.05, 0.1) is 12.2 Å². The highest BCUT2D eigenvalue weighted by molar-refractivity contribution is 7.99. The summed E-state index contributed by atoms with van der Waals surface area (Å²) in [4.78, 5) is 0. The van der Waals surface area contributed by atoms with Gasteiger partial charge in [-0.1, -0.05) is 13.8 Å². The Bertz CT molecular complexity index is 244. The van der Waals surface area contributed by atoms with Gasteiger partial charge >= 0.3 is 14.2 Å². The third-order valence-corrected chi connectivity index (χ3v) is 4.51. The van der Waals surface area contributed by atoms with Crippen molar-refractivity contribution in [3.63, 3.8) is 0 Å². The highest BCUT2D eigenvalue weighted by Gasteiger charge is 2.54. The third kappa shape index (κ3) is 1.82. The minimum absolute atomic E-state index is 0.0465. The van der Waals surface area contributed by atoms with Gasteiger partial charge in [-0.2, -0.15) is 0 Å². The van der Waals surface area contributed by atoms with E-state index in [0.29, 0.717) is 0 Å². The lowest BCUT2D eigenvalue weighted by atomic mass is 9.86. The van der Waals surface area contributed by atoms with Gasteiger partial charge in [-0.05, 0) is 12.6 Å². The Kier molecular flexibility index (Phi) is 3.23. The topological polar surface area (TPSA) is 36.9 Å². The summed E-state index contributed by atoms with van der Waals surface area (Å²) in [5, 5.41) is 0. The average molecular weight is 242 g/mol. The molecular weight excluding hydrogens is 226 g/mol. The molecule has 0 aromatic heterocycles. The molecular formula is C9H16B2O4S. The normalized spacial score (nSPS) is 42.4. The molecule has 4 nitrogen and oxygen atoms in total. The largest absolute Gasteiger partial charge is 0.457 e. The molecule has 3 heterocycles. The van der Waals surface area contributed by atoms with Gasteiger partial charge in [-0.3, -0.25) is 0 Å². The number of hydrogen-bond donors (Lipinski definition) is 0. The van der Waals surface area contributed by atoms with Gasteiger partial charge in [-0.15, -0.1) is 11.8 Å². The molecule has 88 valence electrons. The molecule has 4 atom stereocenters. The molecule has 0 bridgehead atoms. The molecule has 0 N–H and O–H groups in total. The standard InChI is InChI=1S/C9H16B2O4S/c1-3-10-12-6-5-16-9-8(7(6)13-10)14-11(4-2)15-9/h6-9H,3-5H2,1-2H3/t6-,7-,8-,9?/m1/s1. The number of thioether (sulfide) groups is 1. The summed E-state index contributed by atoms with van der Waals surface area (Å²) >= 11 is 1.79. The van der Waals surface area contributed by atoms with Crippen molar-refractivity contribution in [3.05, 3.63) is 0 Å². The Morgan fingerprint density at radius 2 is 1.69 bits per heavy atom. The number of fused-ring (bicyclic) bond motifs is 3. The molecule has 0 saturated carbocycles. The molecule has 3 saturated heterocycles. The van der Waals surface area contributed by atoms with E-state index in [1.807, 2.05) is 0 Å². The zero-order chi connectivity index (χ0) is 11.1. The Balaban J connectivity index is 1.71. The minimum atomic E-state index is -0.0643. The summed E-state index contributed by atoms with van der Waals surface area (Å²) < 4.78 is 23.4. The fourth-order valence-corrected chi connectivity index (χ4v) is 3.69. The third-order valence-electron chi connectivity index (χ3n) is 3.28. The molecule has 1 unspecified atom stereocenters. The summed E-state index contributed by atoms with van der Waals surface area (Å²) in [5.41, 5.74) is 0.130. The molecule has 0 spiro atoms. The van der Waals surface area contributed by atoms with E-state index >= 15 is 0 Å². The molecule has 7 heteroatoms. The second-order valence-electron chi connectivity index (χ2n) is 4.39. The van der Waals surface area contributed by atoms with E-state index in [1.54, 1.807) is 11.8 Å². The van der Waals surface area contributed by atoms with Crippen LogP contribution in [0.5, 0.6) is 0 Å². The summed E-state index contributed by atoms with van der Waals surface area (Å²) in [5.74, 6) is 0.947. The van der Waals surface area contributed by atoms with E-state index in [9.17, 15) is 0 Å². The maximum atomic E-state index is 5.88. The van der Waals surface area contributed by atoms with Gasteiger partial charge in [-0.25, -0.2) is 0 Å². The van der Waals surface area contributed by atoms with E-state index in [1.165, 1.54) is 0 Å². The van der Waals surface area contributed by atoms with Gasteiger partial charge in [0, 0.05) is 5.75 Å². The predicted octanol–water partition coefficient (Wildman–Crippen LogP) is 1.27. The highest BCUT2D eigenvalue weighted by Crippen LogP contribution is 2.40. The van der Waals surface area contributed by atoms with Crippen LogP contribution in [0.1, 0.15) is 13.8 Å². The van der Waals surface area contributed by atoms with Crippen molar-refractivity contribution in [2.45, 2.75) is 50.2 Å². The Hall–Kier alpha value is 0.320. The zero-order valence-electron chi connectivity index (χ0n) is 9.63. The van der Waals surface area contributed by atoms with E-state index in [2.05, 4.69) is 13.8 Å². The molecule has 3 rings (SSSR count). The smallest absolute Gasteiger partial charge is 0.405 e. The van der Waals surface area contributed by atoms with Crippen LogP contribution >= 0.6 is 11.8 Å². The second kappa shape index (κ2) is 4.53. The Morgan fingerprint density at radius 1 is 1.00 bits per heavy atom. The van der Waals surface area contributed by atoms with E-state index in [4.69, 9.17) is 18.6 Å². The zero-order valence-corrected chi connectivity index (χ0v) is 10.4. The van der Waals surface area contributed by atoms with Crippen LogP contribution in [0.2, 0.25) is 12.6 Å². The first kappa shape index (κ1) is 11.4. The molecule has 16 heavy (non-hydrogen) atoms. The van der Waals surface area contributed by atoms with Crippen molar-refractivity contribution in [3.8, 4) is 0 Å². The van der Waals surface area contributed by atoms with Crippen LogP contribution in [0.4, 0.5) is 0 Å². The van der Waals surface area contributed by atoms with E-state index in [-0.39, 0.29) is 38.0 Å². The first-order valence-electron chi connectivity index (χ1n) is 6.05. The lowest BCUT2D eigenvalue weighted by Gasteiger charge is -2.32. The molecule has 0 radical (unpaired) electrons. The quantitative estimate of drug-likeness (QED) is 0.681. The Labute approximate surface area is 101 Å². The molecule has 3 fully saturated rings. The molecule has 0 aromatic carbocycles. The van der Waals surface area contributed by atoms with Gasteiger partial charge in [0.2, 0.25) is 0 Å². The van der Waals surface area contributed by atoms with E-state index < -0.39 is 0 Å². The average Bonchev–Trinajstić information content (AvgIpc) is 2.90. The minimum Gasteiger partial charge on any atom is -0.405 e. The molecule has 0 aromatic rings. The van der Waals surface area contributed by atoms with Crippen LogP contribution in [0, 0.1) is 0 Å². The highest BCUT2D eigenvalue weighted by atomic mass is 32.2. The van der Waals surface area contributed by atoms with Gasteiger partial charge in [0.25, 0.3) is 0 Å². The van der Waals surface area contributed by atoms with Crippen molar-refractivity contribution in [1.29, 1.82) is 0 Å². The second-order valence-corrected chi connectivity index (χ2v) is 5.52. The van der Waals surface area contributed by atoms with Crippen molar-refractivity contribution >= 4 is 26.0 Å². The van der Waals surface area contributed by atoms with Crippen LogP contribution in [-0.2, 0) is 18.6 Å². The fourth-order valence-electron chi connectivity index (χ4n) is 2.43. The van der Waals surface area contributed by atoms with Crippen LogP contribution in [0.15, 0.2) is 0 Å². The van der Waals surface area contributed by atoms with Crippen molar-refractivity contribution in [1.82, 2.24) is 0 Å². The molecule has 3 aliphatic rings. The summed E-state index contributed by atoms with van der Waals surface area (Å²) in [6, 6.07) is 0. The molecule has 0 amide bonds. The summed E-state index contributed by atoms with van der Waals surface area (Å²) in [7, 11) is -0.121. The van der Waals surface area contributed by atoms with Crippen molar-refractivity contribution in [2.75, 3.05) is 5.75 Å². The first-order chi connectivity index (χ1) is 7.81. The van der Waals surface area contributed by atoms with Crippen LogP contribution in [-0.4, -0.2) is 43.7 Å². The monoisotopic (exact) mass is 242 g/mol. The first-order valence-corrected chi connectivity index (χ1v) is 7.10. The van der Waals surface area contributed by atoms with Gasteiger partial charge in [0.15, 0.2) is 0 Å². The predicted molar refractivity (Wildman–Crippen MR) is 64.4 cm³/mol. The number of hydrogen-bond acceptors (Lipinski definition) is 5. The van der Waals surface area contributed by atoms with Crippen molar-refractivity contribution in [2.24, 2.45) is 0 Å². The van der Waals surface area contributed by atoms with Crippen LogP contribution in [0.25, 0.3) is 0 Å². The lowest BCUT2D eigenvalue weighted by Crippen LogP contribution is -2.45. The van der Waals surface area contributed by atoms with Crippen LogP contribution < -0.4 is 0 Å². The van der Waals surface area contributed by atoms with Gasteiger partial charge < -0.3 is 18.6 Å². The SMILES string of the molecule is CCB1O[C@@H]2[C@@H](CSC3OB(CC)O[C@@H]32)O1. The molecule has 0 aliphatic carbocycles. The van der Waals surface area contributed by atoms with Crippen LogP contribution in [0.3, 0.4) is 0 Å². The number of rotatable bonds is 2. The fraction of sp³-hybridized carbons (Fsp3) is 1.00. The maximum Gasteiger partial charge on any atom is 0.457 e. The molecule has 3 aliphatic heterocycles. The summed E-state index contributed by atoms with van der Waals surface area (Å²) in [6.45, 7) is 4.15. The van der Waals surface area contributed by atoms with Crippen molar-refractivity contribution < 1.29 is 18.6 Å².